The smallest absolute Gasteiger partial charge is 0.294 e. The van der Waals surface area contributed by atoms with Crippen molar-refractivity contribution in [2.24, 2.45) is 0 Å². The number of anilines is 1. The molecule has 31 heavy (non-hydrogen) atoms. The Kier molecular flexibility index (Phi) is 6.99. The third kappa shape index (κ3) is 5.92. The highest BCUT2D eigenvalue weighted by Crippen LogP contribution is 2.28. The minimum Gasteiger partial charge on any atom is -0.489 e. The molecule has 0 saturated heterocycles. The molecule has 0 aromatic heterocycles. The molecule has 7 nitrogen and oxygen atoms in total. The molecule has 0 heterocycles. The number of carbonyl (C=O) groups excluding carboxylic acids is 1. The van der Waals surface area contributed by atoms with Crippen LogP contribution in [0.3, 0.4) is 0 Å². The normalized spacial score (nSPS) is 10.8. The van der Waals surface area contributed by atoms with Gasteiger partial charge in [-0.1, -0.05) is 54.1 Å². The first-order valence-corrected chi connectivity index (χ1v) is 9.48. The van der Waals surface area contributed by atoms with Gasteiger partial charge < -0.3 is 10.1 Å². The molecule has 0 radical (unpaired) electrons. The van der Waals surface area contributed by atoms with Crippen LogP contribution in [0.1, 0.15) is 11.1 Å². The fraction of sp³-hybridized carbons (Fsp3) is 0.0435. The molecule has 1 amide bonds. The minimum atomic E-state index is -0.766. The zero-order valence-corrected chi connectivity index (χ0v) is 16.9. The van der Waals surface area contributed by atoms with Gasteiger partial charge in [-0.3, -0.25) is 14.9 Å². The third-order valence-electron chi connectivity index (χ3n) is 4.21. The standard InChI is InChI=1S/C23H16ClN3O4/c24-19-8-11-21(22(13-19)27(29)30)26-23(28)18(14-25)12-16-6-9-20(10-7-16)31-15-17-4-2-1-3-5-17/h1-13H,15H2,(H,26,28)/b18-12+. The summed E-state index contributed by atoms with van der Waals surface area (Å²) in [5.74, 6) is -0.127. The van der Waals surface area contributed by atoms with Gasteiger partial charge in [-0.25, -0.2) is 0 Å². The number of nitrogens with one attached hydrogen (secondary N) is 1. The topological polar surface area (TPSA) is 105 Å². The summed E-state index contributed by atoms with van der Waals surface area (Å²) < 4.78 is 5.71. The fourth-order valence-electron chi connectivity index (χ4n) is 2.67. The lowest BCUT2D eigenvalue weighted by Gasteiger charge is -2.07. The average Bonchev–Trinajstić information content (AvgIpc) is 2.78. The maximum absolute atomic E-state index is 12.5. The van der Waals surface area contributed by atoms with Crippen LogP contribution in [0.25, 0.3) is 6.08 Å². The number of amides is 1. The van der Waals surface area contributed by atoms with Gasteiger partial charge in [0.25, 0.3) is 11.6 Å². The van der Waals surface area contributed by atoms with E-state index in [0.29, 0.717) is 17.9 Å². The number of carbonyl (C=O) groups is 1. The molecular formula is C23H16ClN3O4. The van der Waals surface area contributed by atoms with Crippen molar-refractivity contribution in [3.8, 4) is 11.8 Å². The predicted octanol–water partition coefficient (Wildman–Crippen LogP) is 5.37. The molecule has 3 aromatic rings. The number of hydrogen-bond donors (Lipinski definition) is 1. The lowest BCUT2D eigenvalue weighted by molar-refractivity contribution is -0.383. The minimum absolute atomic E-state index is 0.0507. The first-order valence-electron chi connectivity index (χ1n) is 9.10. The second-order valence-corrected chi connectivity index (χ2v) is 6.82. The summed E-state index contributed by atoms with van der Waals surface area (Å²) in [6.07, 6.45) is 1.39. The zero-order valence-electron chi connectivity index (χ0n) is 16.1. The molecule has 0 unspecified atom stereocenters. The van der Waals surface area contributed by atoms with Crippen LogP contribution in [-0.4, -0.2) is 10.8 Å². The van der Waals surface area contributed by atoms with Gasteiger partial charge in [0, 0.05) is 11.1 Å². The second-order valence-electron chi connectivity index (χ2n) is 6.39. The molecule has 0 spiro atoms. The van der Waals surface area contributed by atoms with Gasteiger partial charge in [0.2, 0.25) is 0 Å². The summed E-state index contributed by atoms with van der Waals surface area (Å²) in [6.45, 7) is 0.418. The number of benzene rings is 3. The van der Waals surface area contributed by atoms with Crippen molar-refractivity contribution in [2.75, 3.05) is 5.32 Å². The average molecular weight is 434 g/mol. The molecule has 154 valence electrons. The highest BCUT2D eigenvalue weighted by atomic mass is 35.5. The van der Waals surface area contributed by atoms with Gasteiger partial charge in [-0.05, 0) is 41.5 Å². The van der Waals surface area contributed by atoms with Crippen molar-refractivity contribution in [1.29, 1.82) is 5.26 Å². The molecule has 3 rings (SSSR count). The highest BCUT2D eigenvalue weighted by Gasteiger charge is 2.18. The molecule has 8 heteroatoms. The summed E-state index contributed by atoms with van der Waals surface area (Å²) in [7, 11) is 0. The molecular weight excluding hydrogens is 418 g/mol. The lowest BCUT2D eigenvalue weighted by atomic mass is 10.1. The number of rotatable bonds is 7. The molecule has 0 fully saturated rings. The Balaban J connectivity index is 1.70. The number of nitriles is 1. The van der Waals surface area contributed by atoms with Gasteiger partial charge >= 0.3 is 0 Å². The van der Waals surface area contributed by atoms with Crippen molar-refractivity contribution in [3.63, 3.8) is 0 Å². The van der Waals surface area contributed by atoms with Gasteiger partial charge in [-0.15, -0.1) is 0 Å². The molecule has 1 N–H and O–H groups in total. The van der Waals surface area contributed by atoms with E-state index in [1.165, 1.54) is 18.2 Å². The van der Waals surface area contributed by atoms with Crippen LogP contribution in [0.15, 0.2) is 78.4 Å². The SMILES string of the molecule is N#C/C(=C\c1ccc(OCc2ccccc2)cc1)C(=O)Nc1ccc(Cl)cc1[N+](=O)[O-]. The highest BCUT2D eigenvalue weighted by molar-refractivity contribution is 6.31. The Labute approximate surface area is 183 Å². The Hall–Kier alpha value is -4.15. The third-order valence-corrected chi connectivity index (χ3v) is 4.44. The Morgan fingerprint density at radius 3 is 2.48 bits per heavy atom. The van der Waals surface area contributed by atoms with Gasteiger partial charge in [-0.2, -0.15) is 5.26 Å². The van der Waals surface area contributed by atoms with Gasteiger partial charge in [0.05, 0.1) is 4.92 Å². The van der Waals surface area contributed by atoms with Gasteiger partial charge in [0.1, 0.15) is 29.7 Å². The molecule has 0 aliphatic heterocycles. The van der Waals surface area contributed by atoms with Crippen molar-refractivity contribution in [2.45, 2.75) is 6.61 Å². The maximum atomic E-state index is 12.5. The van der Waals surface area contributed by atoms with Crippen LogP contribution < -0.4 is 10.1 Å². The molecule has 0 saturated carbocycles. The van der Waals surface area contributed by atoms with Crippen LogP contribution in [0.5, 0.6) is 5.75 Å². The number of nitro benzene ring substituents is 1. The van der Waals surface area contributed by atoms with Crippen LogP contribution in [0.2, 0.25) is 5.02 Å². The number of hydrogen-bond acceptors (Lipinski definition) is 5. The van der Waals surface area contributed by atoms with E-state index in [-0.39, 0.29) is 22.0 Å². The Bertz CT molecular complexity index is 1170. The number of ether oxygens (including phenoxy) is 1. The van der Waals surface area contributed by atoms with E-state index in [1.54, 1.807) is 24.3 Å². The van der Waals surface area contributed by atoms with Crippen molar-refractivity contribution >= 4 is 35.0 Å². The molecule has 0 aliphatic rings. The van der Waals surface area contributed by atoms with Crippen LogP contribution >= 0.6 is 11.6 Å². The summed E-state index contributed by atoms with van der Waals surface area (Å²) in [4.78, 5) is 23.0. The van der Waals surface area contributed by atoms with E-state index < -0.39 is 10.8 Å². The quantitative estimate of drug-likeness (QED) is 0.233. The van der Waals surface area contributed by atoms with Crippen molar-refractivity contribution in [1.82, 2.24) is 0 Å². The van der Waals surface area contributed by atoms with E-state index in [1.807, 2.05) is 36.4 Å². The molecule has 3 aromatic carbocycles. The number of nitrogens with zero attached hydrogens (tertiary/aromatic N) is 2. The summed E-state index contributed by atoms with van der Waals surface area (Å²) >= 11 is 5.77. The Morgan fingerprint density at radius 1 is 1.13 bits per heavy atom. The van der Waals surface area contributed by atoms with Crippen molar-refractivity contribution in [3.05, 3.63) is 105 Å². The molecule has 0 bridgehead atoms. The molecule has 0 atom stereocenters. The maximum Gasteiger partial charge on any atom is 0.294 e. The van der Waals surface area contributed by atoms with Gasteiger partial charge in [0.15, 0.2) is 0 Å². The first kappa shape index (κ1) is 21.6. The van der Waals surface area contributed by atoms with E-state index in [9.17, 15) is 20.2 Å². The summed E-state index contributed by atoms with van der Waals surface area (Å²) in [5, 5.41) is 23.1. The summed E-state index contributed by atoms with van der Waals surface area (Å²) in [5.41, 5.74) is 1.01. The predicted molar refractivity (Wildman–Crippen MR) is 118 cm³/mol. The van der Waals surface area contributed by atoms with E-state index in [4.69, 9.17) is 16.3 Å². The Morgan fingerprint density at radius 2 is 1.84 bits per heavy atom. The van der Waals surface area contributed by atoms with Crippen LogP contribution in [-0.2, 0) is 11.4 Å². The van der Waals surface area contributed by atoms with E-state index >= 15 is 0 Å². The lowest BCUT2D eigenvalue weighted by Crippen LogP contribution is -2.14. The number of nitro groups is 1. The van der Waals surface area contributed by atoms with E-state index in [2.05, 4.69) is 5.32 Å². The second kappa shape index (κ2) is 10.1. The van der Waals surface area contributed by atoms with Crippen molar-refractivity contribution < 1.29 is 14.5 Å². The van der Waals surface area contributed by atoms with Crippen LogP contribution in [0, 0.1) is 21.4 Å². The summed E-state index contributed by atoms with van der Waals surface area (Å²) in [6, 6.07) is 22.2. The molecule has 0 aliphatic carbocycles. The fourth-order valence-corrected chi connectivity index (χ4v) is 2.83. The van der Waals surface area contributed by atoms with Crippen LogP contribution in [0.4, 0.5) is 11.4 Å². The van der Waals surface area contributed by atoms with E-state index in [0.717, 1.165) is 11.6 Å². The monoisotopic (exact) mass is 433 g/mol. The largest absolute Gasteiger partial charge is 0.489 e. The number of halogens is 1. The first-order chi connectivity index (χ1) is 15.0. The zero-order chi connectivity index (χ0) is 22.2.